The van der Waals surface area contributed by atoms with Crippen LogP contribution in [0.25, 0.3) is 0 Å². The van der Waals surface area contributed by atoms with E-state index < -0.39 is 18.0 Å². The van der Waals surface area contributed by atoms with Gasteiger partial charge in [0.25, 0.3) is 11.8 Å². The minimum atomic E-state index is -0.775. The Balaban J connectivity index is 1.83. The molecule has 1 N–H and O–H groups in total. The fourth-order valence-corrected chi connectivity index (χ4v) is 2.79. The molecule has 3 amide bonds. The van der Waals surface area contributed by atoms with Gasteiger partial charge >= 0.3 is 0 Å². The summed E-state index contributed by atoms with van der Waals surface area (Å²) in [6, 6.07) is 4.77. The number of nitrogens with one attached hydrogen (secondary N) is 1. The number of hydrogen-bond donors (Lipinski definition) is 1. The van der Waals surface area contributed by atoms with Crippen LogP contribution in [-0.4, -0.2) is 60.9 Å². The van der Waals surface area contributed by atoms with E-state index in [1.54, 1.807) is 25.3 Å². The molecule has 134 valence electrons. The Labute approximate surface area is 144 Å². The van der Waals surface area contributed by atoms with Crippen LogP contribution in [0.5, 0.6) is 0 Å². The zero-order valence-electron chi connectivity index (χ0n) is 14.0. The topological polar surface area (TPSA) is 97.4 Å². The van der Waals surface area contributed by atoms with Gasteiger partial charge in [-0.1, -0.05) is 11.3 Å². The van der Waals surface area contributed by atoms with Crippen molar-refractivity contribution < 1.29 is 28.8 Å². The number of nitrogens with zero attached hydrogens (tertiary/aromatic N) is 2. The van der Waals surface area contributed by atoms with Crippen molar-refractivity contribution in [2.75, 3.05) is 32.2 Å². The monoisotopic (exact) mass is 349 g/mol. The third-order valence-corrected chi connectivity index (χ3v) is 3.86. The number of imide groups is 1. The van der Waals surface area contributed by atoms with Gasteiger partial charge in [-0.05, 0) is 12.1 Å². The first-order valence-electron chi connectivity index (χ1n) is 7.87. The number of anilines is 1. The van der Waals surface area contributed by atoms with E-state index in [9.17, 15) is 14.4 Å². The molecule has 0 aliphatic carbocycles. The van der Waals surface area contributed by atoms with Gasteiger partial charge in [-0.15, -0.1) is 0 Å². The van der Waals surface area contributed by atoms with Gasteiger partial charge in [0.05, 0.1) is 36.6 Å². The third kappa shape index (κ3) is 3.40. The van der Waals surface area contributed by atoms with Crippen molar-refractivity contribution >= 4 is 23.4 Å². The minimum absolute atomic E-state index is 0.182. The van der Waals surface area contributed by atoms with E-state index in [4.69, 9.17) is 14.4 Å². The summed E-state index contributed by atoms with van der Waals surface area (Å²) in [5.74, 6) is -1.27. The number of hydroxylamine groups is 2. The lowest BCUT2D eigenvalue weighted by atomic mass is 10.1. The standard InChI is InChI=1S/C16H19N3O6/c1-10(20)17-12-5-3-4-11-14(12)16(22)19(15(11)21)13-6-8-24-18(25-13)7-9-23-2/h3-5,13H,6-9H2,1-2H3,(H,17,20). The van der Waals surface area contributed by atoms with Gasteiger partial charge in [0, 0.05) is 20.5 Å². The molecule has 3 rings (SSSR count). The predicted molar refractivity (Wildman–Crippen MR) is 85.3 cm³/mol. The molecule has 1 atom stereocenters. The fourth-order valence-electron chi connectivity index (χ4n) is 2.79. The molecule has 1 saturated heterocycles. The van der Waals surface area contributed by atoms with Crippen molar-refractivity contribution in [3.05, 3.63) is 29.3 Å². The Hall–Kier alpha value is -2.33. The number of benzene rings is 1. The first kappa shape index (κ1) is 17.5. The number of carbonyl (C=O) groups is 3. The molecule has 25 heavy (non-hydrogen) atoms. The summed E-state index contributed by atoms with van der Waals surface area (Å²) in [5.41, 5.74) is 0.741. The van der Waals surface area contributed by atoms with Crippen molar-refractivity contribution in [2.24, 2.45) is 0 Å². The van der Waals surface area contributed by atoms with Crippen LogP contribution < -0.4 is 5.32 Å². The SMILES string of the molecule is COCCN1OCCC(N2C(=O)c3cccc(NC(C)=O)c3C2=O)O1. The summed E-state index contributed by atoms with van der Waals surface area (Å²) < 4.78 is 4.96. The van der Waals surface area contributed by atoms with Crippen LogP contribution >= 0.6 is 0 Å². The smallest absolute Gasteiger partial charge is 0.265 e. The third-order valence-electron chi connectivity index (χ3n) is 3.86. The Morgan fingerprint density at radius 3 is 2.88 bits per heavy atom. The van der Waals surface area contributed by atoms with E-state index >= 15 is 0 Å². The van der Waals surface area contributed by atoms with Crippen molar-refractivity contribution in [1.82, 2.24) is 10.1 Å². The molecule has 1 unspecified atom stereocenters. The van der Waals surface area contributed by atoms with Gasteiger partial charge in [-0.2, -0.15) is 0 Å². The number of methoxy groups -OCH3 is 1. The normalized spacial score (nSPS) is 20.7. The van der Waals surface area contributed by atoms with Crippen molar-refractivity contribution in [2.45, 2.75) is 19.6 Å². The average molecular weight is 349 g/mol. The number of rotatable bonds is 5. The fraction of sp³-hybridized carbons (Fsp3) is 0.438. The molecule has 2 aliphatic rings. The Bertz CT molecular complexity index is 707. The maximum atomic E-state index is 12.8. The zero-order chi connectivity index (χ0) is 18.0. The highest BCUT2D eigenvalue weighted by Crippen LogP contribution is 2.32. The van der Waals surface area contributed by atoms with Gasteiger partial charge in [0.2, 0.25) is 5.91 Å². The summed E-state index contributed by atoms with van der Waals surface area (Å²) in [5, 5.41) is 3.80. The van der Waals surface area contributed by atoms with Crippen molar-refractivity contribution in [3.63, 3.8) is 0 Å². The molecule has 0 bridgehead atoms. The molecule has 0 aromatic heterocycles. The summed E-state index contributed by atoms with van der Waals surface area (Å²) in [4.78, 5) is 48.8. The highest BCUT2D eigenvalue weighted by atomic mass is 17.0. The molecule has 0 saturated carbocycles. The molecule has 2 heterocycles. The molecule has 0 radical (unpaired) electrons. The van der Waals surface area contributed by atoms with Crippen LogP contribution in [0.15, 0.2) is 18.2 Å². The van der Waals surface area contributed by atoms with Crippen LogP contribution in [0, 0.1) is 0 Å². The van der Waals surface area contributed by atoms with E-state index in [0.717, 1.165) is 4.90 Å². The highest BCUT2D eigenvalue weighted by Gasteiger charge is 2.44. The first-order valence-corrected chi connectivity index (χ1v) is 7.87. The van der Waals surface area contributed by atoms with E-state index in [-0.39, 0.29) is 17.0 Å². The predicted octanol–water partition coefficient (Wildman–Crippen LogP) is 0.782. The lowest BCUT2D eigenvalue weighted by Crippen LogP contribution is -2.49. The van der Waals surface area contributed by atoms with Crippen LogP contribution in [0.2, 0.25) is 0 Å². The maximum absolute atomic E-state index is 12.8. The highest BCUT2D eigenvalue weighted by molar-refractivity contribution is 6.24. The molecule has 9 nitrogen and oxygen atoms in total. The molecule has 0 spiro atoms. The van der Waals surface area contributed by atoms with Gasteiger partial charge in [0.15, 0.2) is 6.23 Å². The number of amides is 3. The largest absolute Gasteiger partial charge is 0.383 e. The van der Waals surface area contributed by atoms with Crippen LogP contribution in [0.4, 0.5) is 5.69 Å². The van der Waals surface area contributed by atoms with Crippen LogP contribution in [0.3, 0.4) is 0 Å². The summed E-state index contributed by atoms with van der Waals surface area (Å²) in [6.07, 6.45) is -0.423. The first-order chi connectivity index (χ1) is 12.0. The molecular weight excluding hydrogens is 330 g/mol. The molecule has 2 aliphatic heterocycles. The second-order valence-corrected chi connectivity index (χ2v) is 5.62. The van der Waals surface area contributed by atoms with E-state index in [1.165, 1.54) is 12.2 Å². The second-order valence-electron chi connectivity index (χ2n) is 5.62. The van der Waals surface area contributed by atoms with Crippen molar-refractivity contribution in [1.29, 1.82) is 0 Å². The second kappa shape index (κ2) is 7.28. The lowest BCUT2D eigenvalue weighted by molar-refractivity contribution is -0.425. The molecule has 1 aromatic carbocycles. The molecule has 1 fully saturated rings. The van der Waals surface area contributed by atoms with Crippen molar-refractivity contribution in [3.8, 4) is 0 Å². The maximum Gasteiger partial charge on any atom is 0.265 e. The molecule has 9 heteroatoms. The van der Waals surface area contributed by atoms with Gasteiger partial charge < -0.3 is 10.1 Å². The van der Waals surface area contributed by atoms with Gasteiger partial charge in [-0.25, -0.2) is 9.74 Å². The summed E-state index contributed by atoms with van der Waals surface area (Å²) in [7, 11) is 1.55. The zero-order valence-corrected chi connectivity index (χ0v) is 14.0. The molecular formula is C16H19N3O6. The van der Waals surface area contributed by atoms with E-state index in [2.05, 4.69) is 5.32 Å². The van der Waals surface area contributed by atoms with E-state index in [1.807, 2.05) is 0 Å². The van der Waals surface area contributed by atoms with Crippen LogP contribution in [0.1, 0.15) is 34.1 Å². The quantitative estimate of drug-likeness (QED) is 0.785. The van der Waals surface area contributed by atoms with Gasteiger partial charge in [0.1, 0.15) is 0 Å². The number of fused-ring (bicyclic) bond motifs is 1. The Kier molecular flexibility index (Phi) is 5.09. The van der Waals surface area contributed by atoms with Gasteiger partial charge in [-0.3, -0.25) is 19.2 Å². The summed E-state index contributed by atoms with van der Waals surface area (Å²) >= 11 is 0. The van der Waals surface area contributed by atoms with E-state index in [0.29, 0.717) is 31.9 Å². The Morgan fingerprint density at radius 2 is 2.16 bits per heavy atom. The van der Waals surface area contributed by atoms with Crippen LogP contribution in [-0.2, 0) is 19.2 Å². The summed E-state index contributed by atoms with van der Waals surface area (Å²) in [6.45, 7) is 2.36. The Morgan fingerprint density at radius 1 is 1.36 bits per heavy atom. The minimum Gasteiger partial charge on any atom is -0.383 e. The number of hydrogen-bond acceptors (Lipinski definition) is 7. The number of carbonyl (C=O) groups excluding carboxylic acids is 3. The lowest BCUT2D eigenvalue weighted by Gasteiger charge is -2.34. The molecule has 1 aromatic rings. The number of ether oxygens (including phenoxy) is 1. The average Bonchev–Trinajstić information content (AvgIpc) is 2.85.